The van der Waals surface area contributed by atoms with Gasteiger partial charge in [-0.15, -0.1) is 0 Å². The number of nitrogens with zero attached hydrogens (tertiary/aromatic N) is 1. The Morgan fingerprint density at radius 3 is 2.59 bits per heavy atom. The third kappa shape index (κ3) is 4.36. The fraction of sp³-hybridized carbons (Fsp3) is 0.571. The van der Waals surface area contributed by atoms with Crippen LogP contribution in [0.4, 0.5) is 0 Å². The van der Waals surface area contributed by atoms with Crippen LogP contribution in [-0.2, 0) is 12.8 Å². The van der Waals surface area contributed by atoms with Gasteiger partial charge in [-0.3, -0.25) is 0 Å². The molecular weight excluding hydrogens is 212 g/mol. The van der Waals surface area contributed by atoms with Crippen LogP contribution < -0.4 is 10.5 Å². The predicted molar refractivity (Wildman–Crippen MR) is 72.6 cm³/mol. The van der Waals surface area contributed by atoms with E-state index in [-0.39, 0.29) is 6.04 Å². The molecule has 1 aromatic carbocycles. The first kappa shape index (κ1) is 14.0. The van der Waals surface area contributed by atoms with Gasteiger partial charge in [0.15, 0.2) is 0 Å². The highest BCUT2D eigenvalue weighted by atomic mass is 16.5. The SMILES string of the molecule is CCc1cc(CC(N)CN(C)C)ccc1OC. The van der Waals surface area contributed by atoms with Crippen molar-refractivity contribution in [1.82, 2.24) is 4.90 Å². The molecule has 0 saturated heterocycles. The standard InChI is InChI=1S/C14H24N2O/c1-5-12-8-11(6-7-14(12)17-4)9-13(15)10-16(2)3/h6-8,13H,5,9-10,15H2,1-4H3. The minimum atomic E-state index is 0.183. The highest BCUT2D eigenvalue weighted by molar-refractivity contribution is 5.37. The highest BCUT2D eigenvalue weighted by Crippen LogP contribution is 2.20. The molecule has 0 aliphatic rings. The van der Waals surface area contributed by atoms with Gasteiger partial charge < -0.3 is 15.4 Å². The summed E-state index contributed by atoms with van der Waals surface area (Å²) in [5.41, 5.74) is 8.64. The van der Waals surface area contributed by atoms with Crippen molar-refractivity contribution in [3.63, 3.8) is 0 Å². The third-order valence-electron chi connectivity index (χ3n) is 2.82. The van der Waals surface area contributed by atoms with Crippen molar-refractivity contribution in [1.29, 1.82) is 0 Å². The van der Waals surface area contributed by atoms with Crippen molar-refractivity contribution in [3.05, 3.63) is 29.3 Å². The number of nitrogens with two attached hydrogens (primary N) is 1. The summed E-state index contributed by atoms with van der Waals surface area (Å²) in [7, 11) is 5.81. The van der Waals surface area contributed by atoms with E-state index in [2.05, 4.69) is 24.0 Å². The molecule has 1 rings (SSSR count). The minimum absolute atomic E-state index is 0.183. The van der Waals surface area contributed by atoms with Gasteiger partial charge in [-0.2, -0.15) is 0 Å². The number of benzene rings is 1. The lowest BCUT2D eigenvalue weighted by molar-refractivity contribution is 0.371. The molecule has 0 fully saturated rings. The van der Waals surface area contributed by atoms with E-state index in [1.54, 1.807) is 7.11 Å². The van der Waals surface area contributed by atoms with Gasteiger partial charge >= 0.3 is 0 Å². The molecule has 0 spiro atoms. The van der Waals surface area contributed by atoms with Crippen LogP contribution in [0.3, 0.4) is 0 Å². The van der Waals surface area contributed by atoms with Gasteiger partial charge in [-0.05, 0) is 44.1 Å². The molecule has 0 saturated carbocycles. The second-order valence-electron chi connectivity index (χ2n) is 4.73. The maximum absolute atomic E-state index is 6.10. The molecule has 0 aliphatic carbocycles. The first-order valence-electron chi connectivity index (χ1n) is 6.13. The molecular formula is C14H24N2O. The second-order valence-corrected chi connectivity index (χ2v) is 4.73. The van der Waals surface area contributed by atoms with E-state index >= 15 is 0 Å². The Morgan fingerprint density at radius 2 is 2.06 bits per heavy atom. The van der Waals surface area contributed by atoms with Crippen molar-refractivity contribution in [2.24, 2.45) is 5.73 Å². The monoisotopic (exact) mass is 236 g/mol. The van der Waals surface area contributed by atoms with Crippen molar-refractivity contribution < 1.29 is 4.74 Å². The quantitative estimate of drug-likeness (QED) is 0.817. The van der Waals surface area contributed by atoms with E-state index in [1.807, 2.05) is 20.2 Å². The maximum Gasteiger partial charge on any atom is 0.122 e. The van der Waals surface area contributed by atoms with Gasteiger partial charge in [-0.1, -0.05) is 19.1 Å². The zero-order valence-corrected chi connectivity index (χ0v) is 11.4. The summed E-state index contributed by atoms with van der Waals surface area (Å²) in [6, 6.07) is 6.53. The van der Waals surface area contributed by atoms with Gasteiger partial charge in [0.05, 0.1) is 7.11 Å². The van der Waals surface area contributed by atoms with Crippen LogP contribution >= 0.6 is 0 Å². The number of likely N-dealkylation sites (N-methyl/N-ethyl adjacent to an activating group) is 1. The number of aryl methyl sites for hydroxylation is 1. The number of methoxy groups -OCH3 is 1. The summed E-state index contributed by atoms with van der Waals surface area (Å²) in [6.45, 7) is 3.05. The van der Waals surface area contributed by atoms with Crippen molar-refractivity contribution in [2.45, 2.75) is 25.8 Å². The molecule has 2 N–H and O–H groups in total. The molecule has 1 unspecified atom stereocenters. The molecule has 96 valence electrons. The summed E-state index contributed by atoms with van der Waals surface area (Å²) < 4.78 is 5.32. The largest absolute Gasteiger partial charge is 0.496 e. The minimum Gasteiger partial charge on any atom is -0.496 e. The normalized spacial score (nSPS) is 12.8. The Hall–Kier alpha value is -1.06. The zero-order chi connectivity index (χ0) is 12.8. The van der Waals surface area contributed by atoms with Gasteiger partial charge in [0.25, 0.3) is 0 Å². The Labute approximate surface area is 105 Å². The van der Waals surface area contributed by atoms with Crippen molar-refractivity contribution in [2.75, 3.05) is 27.7 Å². The zero-order valence-electron chi connectivity index (χ0n) is 11.4. The van der Waals surface area contributed by atoms with E-state index in [4.69, 9.17) is 10.5 Å². The Balaban J connectivity index is 2.72. The van der Waals surface area contributed by atoms with Gasteiger partial charge in [0.2, 0.25) is 0 Å². The lowest BCUT2D eigenvalue weighted by Gasteiger charge is -2.17. The van der Waals surface area contributed by atoms with Gasteiger partial charge in [-0.25, -0.2) is 0 Å². The fourth-order valence-corrected chi connectivity index (χ4v) is 2.07. The summed E-state index contributed by atoms with van der Waals surface area (Å²) in [5.74, 6) is 0.970. The predicted octanol–water partition coefficient (Wildman–Crippen LogP) is 1.69. The molecule has 3 heteroatoms. The van der Waals surface area contributed by atoms with E-state index in [1.165, 1.54) is 11.1 Å². The first-order chi connectivity index (χ1) is 8.06. The number of rotatable bonds is 6. The summed E-state index contributed by atoms with van der Waals surface area (Å²) in [5, 5.41) is 0. The smallest absolute Gasteiger partial charge is 0.122 e. The van der Waals surface area contributed by atoms with Crippen molar-refractivity contribution >= 4 is 0 Å². The molecule has 0 bridgehead atoms. The van der Waals surface area contributed by atoms with Gasteiger partial charge in [0, 0.05) is 12.6 Å². The second kappa shape index (κ2) is 6.62. The number of hydrogen-bond acceptors (Lipinski definition) is 3. The fourth-order valence-electron chi connectivity index (χ4n) is 2.07. The molecule has 1 aromatic rings. The van der Waals surface area contributed by atoms with E-state index in [0.717, 1.165) is 25.1 Å². The van der Waals surface area contributed by atoms with Crippen molar-refractivity contribution in [3.8, 4) is 5.75 Å². The van der Waals surface area contributed by atoms with Crippen LogP contribution in [0.25, 0.3) is 0 Å². The summed E-state index contributed by atoms with van der Waals surface area (Å²) in [4.78, 5) is 2.12. The molecule has 0 amide bonds. The van der Waals surface area contributed by atoms with E-state index in [9.17, 15) is 0 Å². The molecule has 0 heterocycles. The van der Waals surface area contributed by atoms with E-state index in [0.29, 0.717) is 0 Å². The molecule has 0 aromatic heterocycles. The Morgan fingerprint density at radius 1 is 1.35 bits per heavy atom. The summed E-state index contributed by atoms with van der Waals surface area (Å²) in [6.07, 6.45) is 1.90. The Bertz CT molecular complexity index is 350. The van der Waals surface area contributed by atoms with Crippen LogP contribution in [-0.4, -0.2) is 38.7 Å². The molecule has 1 atom stereocenters. The topological polar surface area (TPSA) is 38.5 Å². The first-order valence-corrected chi connectivity index (χ1v) is 6.13. The average molecular weight is 236 g/mol. The molecule has 0 radical (unpaired) electrons. The third-order valence-corrected chi connectivity index (χ3v) is 2.82. The van der Waals surface area contributed by atoms with Crippen LogP contribution in [0.1, 0.15) is 18.1 Å². The van der Waals surface area contributed by atoms with Crippen LogP contribution in [0, 0.1) is 0 Å². The molecule has 3 nitrogen and oxygen atoms in total. The van der Waals surface area contributed by atoms with Crippen LogP contribution in [0.5, 0.6) is 5.75 Å². The Kier molecular flexibility index (Phi) is 5.45. The number of ether oxygens (including phenoxy) is 1. The number of hydrogen-bond donors (Lipinski definition) is 1. The lowest BCUT2D eigenvalue weighted by Crippen LogP contribution is -2.34. The average Bonchev–Trinajstić information content (AvgIpc) is 2.27. The van der Waals surface area contributed by atoms with Gasteiger partial charge in [0.1, 0.15) is 5.75 Å². The van der Waals surface area contributed by atoms with E-state index < -0.39 is 0 Å². The highest BCUT2D eigenvalue weighted by Gasteiger charge is 2.08. The summed E-state index contributed by atoms with van der Waals surface area (Å²) >= 11 is 0. The molecule has 17 heavy (non-hydrogen) atoms. The van der Waals surface area contributed by atoms with Crippen LogP contribution in [0.15, 0.2) is 18.2 Å². The lowest BCUT2D eigenvalue weighted by atomic mass is 10.0. The van der Waals surface area contributed by atoms with Crippen LogP contribution in [0.2, 0.25) is 0 Å². The molecule has 0 aliphatic heterocycles. The maximum atomic E-state index is 6.10.